The van der Waals surface area contributed by atoms with Crippen LogP contribution in [-0.2, 0) is 6.54 Å². The zero-order valence-corrected chi connectivity index (χ0v) is 12.4. The highest BCUT2D eigenvalue weighted by Crippen LogP contribution is 2.15. The molecule has 0 saturated carbocycles. The maximum Gasteiger partial charge on any atom is 0.227 e. The van der Waals surface area contributed by atoms with E-state index in [1.807, 2.05) is 72.4 Å². The van der Waals surface area contributed by atoms with E-state index >= 15 is 0 Å². The van der Waals surface area contributed by atoms with Crippen LogP contribution in [0.3, 0.4) is 0 Å². The van der Waals surface area contributed by atoms with Crippen molar-refractivity contribution < 1.29 is 9.36 Å². The minimum absolute atomic E-state index is 0.113. The monoisotopic (exact) mass is 289 g/mol. The zero-order valence-electron chi connectivity index (χ0n) is 12.4. The summed E-state index contributed by atoms with van der Waals surface area (Å²) < 4.78 is 1.90. The van der Waals surface area contributed by atoms with Crippen LogP contribution in [0, 0.1) is 6.92 Å². The van der Waals surface area contributed by atoms with Crippen molar-refractivity contribution >= 4 is 5.78 Å². The van der Waals surface area contributed by atoms with Gasteiger partial charge in [0, 0.05) is 30.1 Å². The first-order valence-corrected chi connectivity index (χ1v) is 7.22. The van der Waals surface area contributed by atoms with E-state index in [4.69, 9.17) is 0 Å². The van der Waals surface area contributed by atoms with Gasteiger partial charge in [-0.15, -0.1) is 0 Å². The predicted octanol–water partition coefficient (Wildman–Crippen LogP) is 3.23. The second-order valence-corrected chi connectivity index (χ2v) is 5.28. The van der Waals surface area contributed by atoms with Gasteiger partial charge in [-0.05, 0) is 30.2 Å². The molecule has 0 radical (unpaired) electrons. The first-order chi connectivity index (χ1) is 10.7. The quantitative estimate of drug-likeness (QED) is 0.546. The minimum Gasteiger partial charge on any atom is -0.287 e. The summed E-state index contributed by atoms with van der Waals surface area (Å²) >= 11 is 0. The highest BCUT2D eigenvalue weighted by atomic mass is 16.1. The van der Waals surface area contributed by atoms with Crippen molar-refractivity contribution in [1.82, 2.24) is 4.98 Å². The molecule has 3 heteroatoms. The molecule has 2 heterocycles. The van der Waals surface area contributed by atoms with Crippen LogP contribution in [0.4, 0.5) is 0 Å². The third kappa shape index (κ3) is 3.26. The van der Waals surface area contributed by atoms with Gasteiger partial charge in [-0.3, -0.25) is 9.78 Å². The van der Waals surface area contributed by atoms with Crippen molar-refractivity contribution in [2.24, 2.45) is 0 Å². The van der Waals surface area contributed by atoms with Crippen LogP contribution in [0.5, 0.6) is 0 Å². The summed E-state index contributed by atoms with van der Waals surface area (Å²) in [5, 5.41) is 0. The topological polar surface area (TPSA) is 33.8 Å². The number of carbonyl (C=O) groups is 1. The molecule has 0 spiro atoms. The predicted molar refractivity (Wildman–Crippen MR) is 85.4 cm³/mol. The van der Waals surface area contributed by atoms with Crippen LogP contribution < -0.4 is 4.57 Å². The van der Waals surface area contributed by atoms with Crippen LogP contribution in [0.2, 0.25) is 0 Å². The SMILES string of the molecule is Cc1ccc(C(=O)C[n+]2ccc(-c3ccncc3)cc2)cc1. The molecule has 0 fully saturated rings. The average Bonchev–Trinajstić information content (AvgIpc) is 2.57. The number of aryl methyl sites for hydroxylation is 1. The summed E-state index contributed by atoms with van der Waals surface area (Å²) in [5.74, 6) is 0.113. The summed E-state index contributed by atoms with van der Waals surface area (Å²) in [6.45, 7) is 2.36. The lowest BCUT2D eigenvalue weighted by molar-refractivity contribution is -0.683. The van der Waals surface area contributed by atoms with Crippen molar-refractivity contribution in [1.29, 1.82) is 0 Å². The van der Waals surface area contributed by atoms with Crippen molar-refractivity contribution in [2.45, 2.75) is 13.5 Å². The largest absolute Gasteiger partial charge is 0.287 e. The van der Waals surface area contributed by atoms with E-state index in [-0.39, 0.29) is 5.78 Å². The van der Waals surface area contributed by atoms with Crippen molar-refractivity contribution in [3.05, 3.63) is 84.4 Å². The number of nitrogens with zero attached hydrogens (tertiary/aromatic N) is 2. The van der Waals surface area contributed by atoms with Crippen molar-refractivity contribution in [3.63, 3.8) is 0 Å². The van der Waals surface area contributed by atoms with E-state index in [0.29, 0.717) is 6.54 Å². The van der Waals surface area contributed by atoms with Gasteiger partial charge in [0.15, 0.2) is 12.4 Å². The number of aromatic nitrogens is 2. The van der Waals surface area contributed by atoms with Gasteiger partial charge in [0.1, 0.15) is 0 Å². The second-order valence-electron chi connectivity index (χ2n) is 5.28. The van der Waals surface area contributed by atoms with E-state index in [0.717, 1.165) is 22.3 Å². The first-order valence-electron chi connectivity index (χ1n) is 7.22. The minimum atomic E-state index is 0.113. The van der Waals surface area contributed by atoms with Crippen molar-refractivity contribution in [2.75, 3.05) is 0 Å². The van der Waals surface area contributed by atoms with Crippen LogP contribution in [0.15, 0.2) is 73.3 Å². The van der Waals surface area contributed by atoms with E-state index in [1.54, 1.807) is 12.4 Å². The molecule has 0 atom stereocenters. The van der Waals surface area contributed by atoms with Gasteiger partial charge in [0.05, 0.1) is 0 Å². The molecule has 0 aliphatic heterocycles. The van der Waals surface area contributed by atoms with Crippen LogP contribution >= 0.6 is 0 Å². The van der Waals surface area contributed by atoms with Crippen LogP contribution in [0.25, 0.3) is 11.1 Å². The molecule has 2 aromatic heterocycles. The number of Topliss-reactive ketones (excluding diaryl/α,β-unsaturated/α-hetero) is 1. The molecule has 0 aliphatic rings. The molecular weight excluding hydrogens is 272 g/mol. The van der Waals surface area contributed by atoms with Gasteiger partial charge in [0.25, 0.3) is 0 Å². The zero-order chi connectivity index (χ0) is 15.4. The lowest BCUT2D eigenvalue weighted by Gasteiger charge is -2.01. The maximum absolute atomic E-state index is 12.3. The second kappa shape index (κ2) is 6.31. The molecule has 3 nitrogen and oxygen atoms in total. The number of pyridine rings is 2. The standard InChI is InChI=1S/C19H17N2O/c1-15-2-4-18(5-3-15)19(22)14-21-12-8-17(9-13-21)16-6-10-20-11-7-16/h2-13H,14H2,1H3/q+1. The molecule has 0 saturated heterocycles. The third-order valence-electron chi connectivity index (χ3n) is 3.60. The molecule has 22 heavy (non-hydrogen) atoms. The summed E-state index contributed by atoms with van der Waals surface area (Å²) in [4.78, 5) is 16.3. The number of hydrogen-bond acceptors (Lipinski definition) is 2. The molecule has 0 unspecified atom stereocenters. The van der Waals surface area contributed by atoms with E-state index in [2.05, 4.69) is 4.98 Å². The van der Waals surface area contributed by atoms with Crippen LogP contribution in [-0.4, -0.2) is 10.8 Å². The molecule has 0 amide bonds. The Labute approximate surface area is 129 Å². The Balaban J connectivity index is 1.73. The first kappa shape index (κ1) is 14.1. The van der Waals surface area contributed by atoms with Gasteiger partial charge in [-0.25, -0.2) is 0 Å². The fourth-order valence-electron chi connectivity index (χ4n) is 2.30. The Morgan fingerprint density at radius 2 is 1.50 bits per heavy atom. The van der Waals surface area contributed by atoms with Gasteiger partial charge in [-0.1, -0.05) is 29.8 Å². The van der Waals surface area contributed by atoms with E-state index in [9.17, 15) is 4.79 Å². The Hall–Kier alpha value is -2.81. The number of carbonyl (C=O) groups excluding carboxylic acids is 1. The van der Waals surface area contributed by atoms with Gasteiger partial charge >= 0.3 is 0 Å². The molecule has 1 aromatic carbocycles. The third-order valence-corrected chi connectivity index (χ3v) is 3.60. The van der Waals surface area contributed by atoms with Crippen molar-refractivity contribution in [3.8, 4) is 11.1 Å². The lowest BCUT2D eigenvalue weighted by Crippen LogP contribution is -2.37. The maximum atomic E-state index is 12.3. The molecule has 0 N–H and O–H groups in total. The smallest absolute Gasteiger partial charge is 0.227 e. The number of hydrogen-bond donors (Lipinski definition) is 0. The molecule has 3 aromatic rings. The van der Waals surface area contributed by atoms with Gasteiger partial charge in [0.2, 0.25) is 12.3 Å². The summed E-state index contributed by atoms with van der Waals surface area (Å²) in [6, 6.07) is 15.6. The summed E-state index contributed by atoms with van der Waals surface area (Å²) in [5.41, 5.74) is 4.13. The Bertz CT molecular complexity index is 763. The average molecular weight is 289 g/mol. The molecule has 3 rings (SSSR count). The molecular formula is C19H17N2O+. The summed E-state index contributed by atoms with van der Waals surface area (Å²) in [7, 11) is 0. The van der Waals surface area contributed by atoms with E-state index in [1.165, 1.54) is 0 Å². The Morgan fingerprint density at radius 3 is 2.14 bits per heavy atom. The fourth-order valence-corrected chi connectivity index (χ4v) is 2.30. The van der Waals surface area contributed by atoms with E-state index < -0.39 is 0 Å². The normalized spacial score (nSPS) is 10.4. The fraction of sp³-hybridized carbons (Fsp3) is 0.105. The number of ketones is 1. The summed E-state index contributed by atoms with van der Waals surface area (Å²) in [6.07, 6.45) is 7.41. The highest BCUT2D eigenvalue weighted by molar-refractivity contribution is 5.95. The molecule has 108 valence electrons. The number of benzene rings is 1. The van der Waals surface area contributed by atoms with Gasteiger partial charge in [-0.2, -0.15) is 4.57 Å². The number of rotatable bonds is 4. The highest BCUT2D eigenvalue weighted by Gasteiger charge is 2.12. The molecule has 0 aliphatic carbocycles. The lowest BCUT2D eigenvalue weighted by atomic mass is 10.1. The van der Waals surface area contributed by atoms with Crippen LogP contribution in [0.1, 0.15) is 15.9 Å². The Kier molecular flexibility index (Phi) is 4.05. The van der Waals surface area contributed by atoms with Gasteiger partial charge < -0.3 is 0 Å². The molecule has 0 bridgehead atoms. The Morgan fingerprint density at radius 1 is 0.909 bits per heavy atom.